The summed E-state index contributed by atoms with van der Waals surface area (Å²) >= 11 is 0. The smallest absolute Gasteiger partial charge is 0.355 e. The zero-order chi connectivity index (χ0) is 15.4. The Morgan fingerprint density at radius 3 is 2.35 bits per heavy atom. The largest absolute Gasteiger partial charge is 0.461 e. The molecule has 1 rings (SSSR count). The highest BCUT2D eigenvalue weighted by Gasteiger charge is 2.28. The van der Waals surface area contributed by atoms with Crippen LogP contribution >= 0.6 is 0 Å². The van der Waals surface area contributed by atoms with Gasteiger partial charge < -0.3 is 14.6 Å². The van der Waals surface area contributed by atoms with E-state index in [1.807, 2.05) is 25.3 Å². The number of carbonyl (C=O) groups is 2. The summed E-state index contributed by atoms with van der Waals surface area (Å²) in [5.74, 6) is -0.369. The van der Waals surface area contributed by atoms with Crippen LogP contribution in [0.1, 0.15) is 52.9 Å². The molecule has 0 saturated carbocycles. The van der Waals surface area contributed by atoms with E-state index in [1.165, 1.54) is 0 Å². The number of carbonyl (C=O) groups excluding carboxylic acids is 2. The molecule has 0 fully saturated rings. The van der Waals surface area contributed by atoms with Gasteiger partial charge in [-0.05, 0) is 47.2 Å². The number of rotatable bonds is 6. The summed E-state index contributed by atoms with van der Waals surface area (Å²) in [5.41, 5.74) is 2.63. The van der Waals surface area contributed by atoms with Crippen molar-refractivity contribution < 1.29 is 14.3 Å². The standard InChI is InChI=1S/C15H24N2O3/c1-7-17-11(5)12(14(18)10(4)16-6)9(3)13(17)15(19)20-8-2/h10,16H,7-8H2,1-6H3. The zero-order valence-electron chi connectivity index (χ0n) is 13.2. The maximum absolute atomic E-state index is 12.5. The summed E-state index contributed by atoms with van der Waals surface area (Å²) in [7, 11) is 1.75. The second-order valence-corrected chi connectivity index (χ2v) is 4.77. The lowest BCUT2D eigenvalue weighted by Gasteiger charge is -2.10. The van der Waals surface area contributed by atoms with Crippen molar-refractivity contribution in [3.05, 3.63) is 22.5 Å². The molecule has 20 heavy (non-hydrogen) atoms. The number of ether oxygens (including phenoxy) is 1. The predicted octanol–water partition coefficient (Wildman–Crippen LogP) is 2.09. The first-order chi connectivity index (χ1) is 9.40. The number of nitrogens with zero attached hydrogens (tertiary/aromatic N) is 1. The Hall–Kier alpha value is -1.62. The van der Waals surface area contributed by atoms with Gasteiger partial charge in [0.15, 0.2) is 5.78 Å². The third kappa shape index (κ3) is 2.77. The van der Waals surface area contributed by atoms with Crippen LogP contribution in [0.25, 0.3) is 0 Å². The molecule has 0 radical (unpaired) electrons. The van der Waals surface area contributed by atoms with Crippen molar-refractivity contribution in [3.8, 4) is 0 Å². The first-order valence-electron chi connectivity index (χ1n) is 6.98. The third-order valence-corrected chi connectivity index (χ3v) is 3.62. The lowest BCUT2D eigenvalue weighted by Crippen LogP contribution is -2.31. The normalized spacial score (nSPS) is 12.3. The summed E-state index contributed by atoms with van der Waals surface area (Å²) in [4.78, 5) is 24.6. The number of hydrogen-bond acceptors (Lipinski definition) is 4. The molecule has 1 N–H and O–H groups in total. The molecule has 1 aromatic heterocycles. The fraction of sp³-hybridized carbons (Fsp3) is 0.600. The molecule has 0 spiro atoms. The SMILES string of the molecule is CCOC(=O)c1c(C)c(C(=O)C(C)NC)c(C)n1CC. The number of aromatic nitrogens is 1. The molecule has 112 valence electrons. The molecule has 0 aromatic carbocycles. The number of esters is 1. The molecule has 0 aliphatic rings. The average molecular weight is 280 g/mol. The Morgan fingerprint density at radius 1 is 1.30 bits per heavy atom. The molecule has 0 amide bonds. The van der Waals surface area contributed by atoms with E-state index in [2.05, 4.69) is 5.32 Å². The van der Waals surface area contributed by atoms with Crippen molar-refractivity contribution in [3.63, 3.8) is 0 Å². The third-order valence-electron chi connectivity index (χ3n) is 3.62. The van der Waals surface area contributed by atoms with Gasteiger partial charge in [0.25, 0.3) is 0 Å². The highest BCUT2D eigenvalue weighted by Crippen LogP contribution is 2.24. The Morgan fingerprint density at radius 2 is 1.90 bits per heavy atom. The van der Waals surface area contributed by atoms with Gasteiger partial charge in [-0.3, -0.25) is 4.79 Å². The van der Waals surface area contributed by atoms with Gasteiger partial charge in [-0.15, -0.1) is 0 Å². The van der Waals surface area contributed by atoms with Crippen LogP contribution < -0.4 is 5.32 Å². The van der Waals surface area contributed by atoms with E-state index in [-0.39, 0.29) is 17.8 Å². The number of ketones is 1. The van der Waals surface area contributed by atoms with Crippen LogP contribution in [0.2, 0.25) is 0 Å². The Bertz CT molecular complexity index is 518. The molecular formula is C15H24N2O3. The fourth-order valence-electron chi connectivity index (χ4n) is 2.46. The van der Waals surface area contributed by atoms with Gasteiger partial charge in [-0.1, -0.05) is 0 Å². The Labute approximate surface area is 120 Å². The van der Waals surface area contributed by atoms with Crippen molar-refractivity contribution in [2.45, 2.75) is 47.2 Å². The van der Waals surface area contributed by atoms with E-state index < -0.39 is 0 Å². The maximum atomic E-state index is 12.5. The highest BCUT2D eigenvalue weighted by atomic mass is 16.5. The molecule has 1 aromatic rings. The van der Waals surface area contributed by atoms with Gasteiger partial charge in [-0.2, -0.15) is 0 Å². The monoisotopic (exact) mass is 280 g/mol. The summed E-state index contributed by atoms with van der Waals surface area (Å²) in [5, 5.41) is 2.94. The topological polar surface area (TPSA) is 60.3 Å². The number of likely N-dealkylation sites (N-methyl/N-ethyl adjacent to an activating group) is 1. The number of nitrogens with one attached hydrogen (secondary N) is 1. The van der Waals surface area contributed by atoms with Crippen LogP contribution in [0.4, 0.5) is 0 Å². The van der Waals surface area contributed by atoms with Gasteiger partial charge >= 0.3 is 5.97 Å². The fourth-order valence-corrected chi connectivity index (χ4v) is 2.46. The summed E-state index contributed by atoms with van der Waals surface area (Å²) in [6.45, 7) is 10.2. The highest BCUT2D eigenvalue weighted by molar-refractivity contribution is 6.05. The van der Waals surface area contributed by atoms with E-state index in [0.29, 0.717) is 30.0 Å². The van der Waals surface area contributed by atoms with Crippen molar-refractivity contribution in [2.24, 2.45) is 0 Å². The lowest BCUT2D eigenvalue weighted by atomic mass is 10.0. The number of Topliss-reactive ketones (excluding diaryl/α,β-unsaturated/α-hetero) is 1. The van der Waals surface area contributed by atoms with Gasteiger partial charge in [0.2, 0.25) is 0 Å². The van der Waals surface area contributed by atoms with Crippen LogP contribution in [0.5, 0.6) is 0 Å². The molecule has 1 unspecified atom stereocenters. The maximum Gasteiger partial charge on any atom is 0.355 e. The van der Waals surface area contributed by atoms with Gasteiger partial charge in [0.1, 0.15) is 5.69 Å². The predicted molar refractivity (Wildman–Crippen MR) is 78.4 cm³/mol. The van der Waals surface area contributed by atoms with Gasteiger partial charge in [0.05, 0.1) is 12.6 Å². The van der Waals surface area contributed by atoms with E-state index >= 15 is 0 Å². The first kappa shape index (κ1) is 16.4. The molecule has 1 heterocycles. The average Bonchev–Trinajstić information content (AvgIpc) is 2.68. The van der Waals surface area contributed by atoms with E-state index in [4.69, 9.17) is 4.74 Å². The van der Waals surface area contributed by atoms with Crippen molar-refractivity contribution in [1.82, 2.24) is 9.88 Å². The molecule has 5 heteroatoms. The first-order valence-corrected chi connectivity index (χ1v) is 6.98. The van der Waals surface area contributed by atoms with Gasteiger partial charge in [-0.25, -0.2) is 4.79 Å². The van der Waals surface area contributed by atoms with Crippen LogP contribution in [0.3, 0.4) is 0 Å². The summed E-state index contributed by atoms with van der Waals surface area (Å²) < 4.78 is 6.95. The quantitative estimate of drug-likeness (QED) is 0.640. The molecule has 0 saturated heterocycles. The lowest BCUT2D eigenvalue weighted by molar-refractivity contribution is 0.0512. The van der Waals surface area contributed by atoms with Crippen LogP contribution in [0.15, 0.2) is 0 Å². The van der Waals surface area contributed by atoms with E-state index in [0.717, 1.165) is 5.69 Å². The van der Waals surface area contributed by atoms with Gasteiger partial charge in [0, 0.05) is 17.8 Å². The molecule has 0 aliphatic heterocycles. The minimum Gasteiger partial charge on any atom is -0.461 e. The van der Waals surface area contributed by atoms with Crippen LogP contribution in [0, 0.1) is 13.8 Å². The molecule has 0 aliphatic carbocycles. The minimum atomic E-state index is -0.369. The van der Waals surface area contributed by atoms with Crippen molar-refractivity contribution in [2.75, 3.05) is 13.7 Å². The van der Waals surface area contributed by atoms with Crippen molar-refractivity contribution in [1.29, 1.82) is 0 Å². The second kappa shape index (κ2) is 6.70. The minimum absolute atomic E-state index is 0.000230. The summed E-state index contributed by atoms with van der Waals surface area (Å²) in [6, 6.07) is -0.282. The molecule has 5 nitrogen and oxygen atoms in total. The Balaban J connectivity index is 3.42. The summed E-state index contributed by atoms with van der Waals surface area (Å²) in [6.07, 6.45) is 0. The van der Waals surface area contributed by atoms with Crippen LogP contribution in [-0.4, -0.2) is 36.0 Å². The molecular weight excluding hydrogens is 256 g/mol. The molecule has 0 bridgehead atoms. The van der Waals surface area contributed by atoms with E-state index in [1.54, 1.807) is 20.9 Å². The second-order valence-electron chi connectivity index (χ2n) is 4.77. The van der Waals surface area contributed by atoms with Crippen LogP contribution in [-0.2, 0) is 11.3 Å². The van der Waals surface area contributed by atoms with E-state index in [9.17, 15) is 9.59 Å². The number of hydrogen-bond donors (Lipinski definition) is 1. The zero-order valence-corrected chi connectivity index (χ0v) is 13.2. The molecule has 1 atom stereocenters. The Kier molecular flexibility index (Phi) is 5.51. The van der Waals surface area contributed by atoms with Crippen molar-refractivity contribution >= 4 is 11.8 Å².